The van der Waals surface area contributed by atoms with Gasteiger partial charge < -0.3 is 15.1 Å². The van der Waals surface area contributed by atoms with Gasteiger partial charge in [-0.1, -0.05) is 6.07 Å². The van der Waals surface area contributed by atoms with Gasteiger partial charge in [0.05, 0.1) is 0 Å². The molecule has 1 heterocycles. The summed E-state index contributed by atoms with van der Waals surface area (Å²) in [5, 5.41) is 3.15. The van der Waals surface area contributed by atoms with Crippen molar-refractivity contribution in [1.29, 1.82) is 0 Å². The van der Waals surface area contributed by atoms with Gasteiger partial charge in [-0.3, -0.25) is 0 Å². The third-order valence-corrected chi connectivity index (χ3v) is 4.43. The van der Waals surface area contributed by atoms with Crippen molar-refractivity contribution in [2.75, 3.05) is 39.1 Å². The third-order valence-electron chi connectivity index (χ3n) is 4.43. The van der Waals surface area contributed by atoms with Crippen molar-refractivity contribution < 1.29 is 4.39 Å². The first-order valence-electron chi connectivity index (χ1n) is 7.41. The van der Waals surface area contributed by atoms with Crippen molar-refractivity contribution in [3.8, 4) is 0 Å². The Morgan fingerprint density at radius 2 is 1.95 bits per heavy atom. The summed E-state index contributed by atoms with van der Waals surface area (Å²) in [6.45, 7) is 4.00. The number of rotatable bonds is 4. The van der Waals surface area contributed by atoms with Gasteiger partial charge in [0.2, 0.25) is 0 Å². The van der Waals surface area contributed by atoms with E-state index in [0.717, 1.165) is 37.2 Å². The maximum Gasteiger partial charge on any atom is 0.130 e. The average molecular weight is 279 g/mol. The Balaban J connectivity index is 2.20. The molecule has 3 nitrogen and oxygen atoms in total. The van der Waals surface area contributed by atoms with E-state index >= 15 is 0 Å². The highest BCUT2D eigenvalue weighted by Crippen LogP contribution is 2.31. The van der Waals surface area contributed by atoms with Gasteiger partial charge in [0.25, 0.3) is 0 Å². The fourth-order valence-corrected chi connectivity index (χ4v) is 3.00. The minimum absolute atomic E-state index is 0.0257. The predicted octanol–water partition coefficient (Wildman–Crippen LogP) is 2.64. The number of nitrogens with one attached hydrogen (secondary N) is 1. The van der Waals surface area contributed by atoms with Crippen LogP contribution in [-0.2, 0) is 0 Å². The minimum Gasteiger partial charge on any atom is -0.371 e. The maximum atomic E-state index is 14.2. The van der Waals surface area contributed by atoms with Gasteiger partial charge in [-0.15, -0.1) is 0 Å². The molecule has 2 rings (SSSR count). The van der Waals surface area contributed by atoms with E-state index < -0.39 is 0 Å². The van der Waals surface area contributed by atoms with E-state index in [9.17, 15) is 4.39 Å². The summed E-state index contributed by atoms with van der Waals surface area (Å²) in [7, 11) is 6.15. The lowest BCUT2D eigenvalue weighted by Gasteiger charge is -2.38. The second kappa shape index (κ2) is 6.55. The minimum atomic E-state index is -0.112. The molecule has 1 aromatic carbocycles. The fourth-order valence-electron chi connectivity index (χ4n) is 3.00. The van der Waals surface area contributed by atoms with E-state index in [4.69, 9.17) is 0 Å². The Morgan fingerprint density at radius 1 is 1.30 bits per heavy atom. The normalized spacial score (nSPS) is 18.6. The van der Waals surface area contributed by atoms with Crippen molar-refractivity contribution in [3.05, 3.63) is 29.6 Å². The summed E-state index contributed by atoms with van der Waals surface area (Å²) in [5.74, 6) is -0.112. The van der Waals surface area contributed by atoms with Crippen LogP contribution in [-0.4, -0.2) is 45.2 Å². The van der Waals surface area contributed by atoms with Crippen LogP contribution in [0.1, 0.15) is 31.4 Å². The molecule has 1 saturated heterocycles. The van der Waals surface area contributed by atoms with Crippen LogP contribution < -0.4 is 10.2 Å². The molecule has 0 spiro atoms. The van der Waals surface area contributed by atoms with Crippen LogP contribution in [0, 0.1) is 5.82 Å². The average Bonchev–Trinajstić information content (AvgIpc) is 2.46. The van der Waals surface area contributed by atoms with Gasteiger partial charge in [-0.2, -0.15) is 0 Å². The molecule has 0 saturated carbocycles. The van der Waals surface area contributed by atoms with E-state index in [1.54, 1.807) is 6.07 Å². The Hall–Kier alpha value is -1.13. The molecule has 1 aliphatic heterocycles. The highest BCUT2D eigenvalue weighted by atomic mass is 19.1. The molecule has 4 heteroatoms. The summed E-state index contributed by atoms with van der Waals surface area (Å²) in [4.78, 5) is 4.62. The number of benzene rings is 1. The lowest BCUT2D eigenvalue weighted by atomic mass is 9.99. The van der Waals surface area contributed by atoms with Crippen LogP contribution in [0.4, 0.5) is 10.1 Å². The van der Waals surface area contributed by atoms with Crippen molar-refractivity contribution in [3.63, 3.8) is 0 Å². The lowest BCUT2D eigenvalue weighted by Crippen LogP contribution is -2.42. The summed E-state index contributed by atoms with van der Waals surface area (Å²) in [6, 6.07) is 6.08. The molecule has 0 bridgehead atoms. The Bertz CT molecular complexity index is 439. The monoisotopic (exact) mass is 279 g/mol. The summed E-state index contributed by atoms with van der Waals surface area (Å²) >= 11 is 0. The van der Waals surface area contributed by atoms with Crippen LogP contribution in [0.15, 0.2) is 18.2 Å². The largest absolute Gasteiger partial charge is 0.371 e. The molecule has 1 fully saturated rings. The lowest BCUT2D eigenvalue weighted by molar-refractivity contribution is 0.249. The number of hydrogen-bond acceptors (Lipinski definition) is 3. The highest BCUT2D eigenvalue weighted by Gasteiger charge is 2.24. The topological polar surface area (TPSA) is 18.5 Å². The molecular formula is C16H26FN3. The van der Waals surface area contributed by atoms with Gasteiger partial charge >= 0.3 is 0 Å². The molecule has 0 aliphatic carbocycles. The maximum absolute atomic E-state index is 14.2. The van der Waals surface area contributed by atoms with E-state index in [0.29, 0.717) is 6.04 Å². The molecular weight excluding hydrogens is 253 g/mol. The van der Waals surface area contributed by atoms with Crippen molar-refractivity contribution in [2.24, 2.45) is 0 Å². The number of piperidine rings is 1. The fraction of sp³-hybridized carbons (Fsp3) is 0.625. The van der Waals surface area contributed by atoms with E-state index in [1.165, 1.54) is 0 Å². The van der Waals surface area contributed by atoms with Gasteiger partial charge in [-0.05, 0) is 53.0 Å². The van der Waals surface area contributed by atoms with Gasteiger partial charge in [-0.25, -0.2) is 4.39 Å². The molecule has 0 amide bonds. The third kappa shape index (κ3) is 3.13. The SMILES string of the molecule is CNC(C)c1c(F)cccc1N1CCC(N(C)C)CC1. The molecule has 1 atom stereocenters. The van der Waals surface area contributed by atoms with Crippen molar-refractivity contribution >= 4 is 5.69 Å². The Morgan fingerprint density at radius 3 is 2.50 bits per heavy atom. The zero-order valence-electron chi connectivity index (χ0n) is 13.0. The smallest absolute Gasteiger partial charge is 0.130 e. The first-order chi connectivity index (χ1) is 9.54. The van der Waals surface area contributed by atoms with E-state index in [1.807, 2.05) is 26.1 Å². The second-order valence-electron chi connectivity index (χ2n) is 5.86. The number of halogens is 1. The predicted molar refractivity (Wildman–Crippen MR) is 82.8 cm³/mol. The first kappa shape index (κ1) is 15.3. The summed E-state index contributed by atoms with van der Waals surface area (Å²) in [5.41, 5.74) is 1.84. The van der Waals surface area contributed by atoms with E-state index in [2.05, 4.69) is 29.2 Å². The van der Waals surface area contributed by atoms with Gasteiger partial charge in [0, 0.05) is 36.4 Å². The molecule has 1 N–H and O–H groups in total. The van der Waals surface area contributed by atoms with Crippen LogP contribution >= 0.6 is 0 Å². The molecule has 0 radical (unpaired) electrons. The summed E-state index contributed by atoms with van der Waals surface area (Å²) in [6.07, 6.45) is 2.27. The zero-order chi connectivity index (χ0) is 14.7. The van der Waals surface area contributed by atoms with Crippen LogP contribution in [0.25, 0.3) is 0 Å². The molecule has 1 aliphatic rings. The van der Waals surface area contributed by atoms with Crippen molar-refractivity contribution in [2.45, 2.75) is 31.8 Å². The number of hydrogen-bond donors (Lipinski definition) is 1. The first-order valence-corrected chi connectivity index (χ1v) is 7.41. The molecule has 20 heavy (non-hydrogen) atoms. The van der Waals surface area contributed by atoms with Crippen LogP contribution in [0.3, 0.4) is 0 Å². The zero-order valence-corrected chi connectivity index (χ0v) is 13.0. The second-order valence-corrected chi connectivity index (χ2v) is 5.86. The van der Waals surface area contributed by atoms with Crippen LogP contribution in [0.5, 0.6) is 0 Å². The highest BCUT2D eigenvalue weighted by molar-refractivity contribution is 5.56. The van der Waals surface area contributed by atoms with Crippen molar-refractivity contribution in [1.82, 2.24) is 10.2 Å². The quantitative estimate of drug-likeness (QED) is 0.914. The standard InChI is InChI=1S/C16H26FN3/c1-12(18-2)16-14(17)6-5-7-15(16)20-10-8-13(9-11-20)19(3)4/h5-7,12-13,18H,8-11H2,1-4H3. The van der Waals surface area contributed by atoms with Gasteiger partial charge in [0.15, 0.2) is 0 Å². The summed E-state index contributed by atoms with van der Waals surface area (Å²) < 4.78 is 14.2. The van der Waals surface area contributed by atoms with E-state index in [-0.39, 0.29) is 11.9 Å². The number of anilines is 1. The van der Waals surface area contributed by atoms with Gasteiger partial charge in [0.1, 0.15) is 5.82 Å². The number of nitrogens with zero attached hydrogens (tertiary/aromatic N) is 2. The molecule has 112 valence electrons. The molecule has 0 aromatic heterocycles. The molecule has 1 unspecified atom stereocenters. The Labute approximate surface area is 121 Å². The molecule has 1 aromatic rings. The van der Waals surface area contributed by atoms with Crippen LogP contribution in [0.2, 0.25) is 0 Å². The Kier molecular flexibility index (Phi) is 5.00.